The van der Waals surface area contributed by atoms with Crippen molar-refractivity contribution < 1.29 is 4.79 Å². The molecule has 1 aliphatic heterocycles. The van der Waals surface area contributed by atoms with E-state index < -0.39 is 0 Å². The van der Waals surface area contributed by atoms with Crippen LogP contribution < -0.4 is 10.6 Å². The first-order valence-electron chi connectivity index (χ1n) is 6.71. The van der Waals surface area contributed by atoms with Crippen molar-refractivity contribution >= 4 is 23.4 Å². The van der Waals surface area contributed by atoms with Gasteiger partial charge in [-0.1, -0.05) is 30.0 Å². The third-order valence-electron chi connectivity index (χ3n) is 3.30. The summed E-state index contributed by atoms with van der Waals surface area (Å²) in [4.78, 5) is 12.1. The molecule has 0 spiro atoms. The molecule has 21 heavy (non-hydrogen) atoms. The highest BCUT2D eigenvalue weighted by molar-refractivity contribution is 7.99. The Labute approximate surface area is 126 Å². The van der Waals surface area contributed by atoms with Gasteiger partial charge in [0.15, 0.2) is 0 Å². The molecule has 2 aromatic rings. The third kappa shape index (κ3) is 3.15. The number of thioether (sulfide) groups is 1. The van der Waals surface area contributed by atoms with Crippen molar-refractivity contribution in [2.45, 2.75) is 17.6 Å². The Balaban J connectivity index is 1.43. The molecule has 1 aromatic heterocycles. The Hall–Kier alpha value is -2.09. The minimum atomic E-state index is -0.177. The van der Waals surface area contributed by atoms with Crippen LogP contribution in [0.3, 0.4) is 0 Å². The number of anilines is 1. The largest absolute Gasteiger partial charge is 0.373 e. The number of nitrogens with one attached hydrogen (secondary N) is 2. The molecule has 3 rings (SSSR count). The number of rotatable bonds is 5. The van der Waals surface area contributed by atoms with E-state index in [1.807, 2.05) is 24.3 Å². The maximum Gasteiger partial charge on any atom is 0.242 e. The van der Waals surface area contributed by atoms with Crippen molar-refractivity contribution in [2.75, 3.05) is 17.6 Å². The molecule has 2 N–H and O–H groups in total. The summed E-state index contributed by atoms with van der Waals surface area (Å²) in [6.07, 6.45) is 0.738. The van der Waals surface area contributed by atoms with Gasteiger partial charge in [0.1, 0.15) is 6.04 Å². The second-order valence-corrected chi connectivity index (χ2v) is 5.84. The molecule has 2 heterocycles. The average molecular weight is 304 g/mol. The second kappa shape index (κ2) is 6.13. The first-order valence-corrected chi connectivity index (χ1v) is 7.70. The molecule has 1 aliphatic rings. The number of hydrogen-bond acceptors (Lipinski definition) is 6. The number of fused-ring (bicyclic) bond motifs is 1. The topological polar surface area (TPSA) is 84.7 Å². The molecule has 1 atom stereocenters. The zero-order chi connectivity index (χ0) is 14.7. The number of para-hydroxylation sites is 1. The molecule has 0 saturated carbocycles. The van der Waals surface area contributed by atoms with Crippen molar-refractivity contribution in [2.24, 2.45) is 7.05 Å². The van der Waals surface area contributed by atoms with E-state index in [-0.39, 0.29) is 11.9 Å². The van der Waals surface area contributed by atoms with E-state index >= 15 is 0 Å². The summed E-state index contributed by atoms with van der Waals surface area (Å²) < 4.78 is 1.61. The van der Waals surface area contributed by atoms with Crippen molar-refractivity contribution in [3.05, 3.63) is 29.8 Å². The predicted molar refractivity (Wildman–Crippen MR) is 80.1 cm³/mol. The van der Waals surface area contributed by atoms with Crippen LogP contribution in [0, 0.1) is 0 Å². The Kier molecular flexibility index (Phi) is 4.05. The molecule has 0 bridgehead atoms. The van der Waals surface area contributed by atoms with E-state index in [2.05, 4.69) is 26.2 Å². The summed E-state index contributed by atoms with van der Waals surface area (Å²) in [6.45, 7) is 0.588. The predicted octanol–water partition coefficient (Wildman–Crippen LogP) is 0.455. The molecule has 7 nitrogen and oxygen atoms in total. The summed E-state index contributed by atoms with van der Waals surface area (Å²) in [6, 6.07) is 7.83. The minimum absolute atomic E-state index is 0.0305. The van der Waals surface area contributed by atoms with Crippen LogP contribution in [-0.4, -0.2) is 44.5 Å². The standard InChI is InChI=1S/C13H16N6OS/c1-19-13(16-17-18-19)21-7-6-14-12(20)11-8-9-4-2-3-5-10(9)15-11/h2-5,11,15H,6-8H2,1H3,(H,14,20)/t11-/m0/s1. The molecule has 1 aromatic carbocycles. The maximum absolute atomic E-state index is 12.1. The van der Waals surface area contributed by atoms with Gasteiger partial charge in [-0.25, -0.2) is 4.68 Å². The van der Waals surface area contributed by atoms with Gasteiger partial charge in [0.25, 0.3) is 0 Å². The number of aryl methyl sites for hydroxylation is 1. The highest BCUT2D eigenvalue weighted by Gasteiger charge is 2.25. The molecule has 110 valence electrons. The van der Waals surface area contributed by atoms with Gasteiger partial charge in [-0.05, 0) is 22.1 Å². The molecule has 0 saturated heterocycles. The van der Waals surface area contributed by atoms with Crippen LogP contribution in [0.4, 0.5) is 5.69 Å². The zero-order valence-electron chi connectivity index (χ0n) is 11.6. The van der Waals surface area contributed by atoms with Crippen LogP contribution in [0.25, 0.3) is 0 Å². The van der Waals surface area contributed by atoms with Crippen molar-refractivity contribution in [1.82, 2.24) is 25.5 Å². The lowest BCUT2D eigenvalue weighted by molar-refractivity contribution is -0.121. The van der Waals surface area contributed by atoms with Gasteiger partial charge >= 0.3 is 0 Å². The number of tetrazole rings is 1. The van der Waals surface area contributed by atoms with Crippen LogP contribution in [0.2, 0.25) is 0 Å². The van der Waals surface area contributed by atoms with Gasteiger partial charge in [0.05, 0.1) is 0 Å². The molecule has 0 radical (unpaired) electrons. The summed E-state index contributed by atoms with van der Waals surface area (Å²) in [5, 5.41) is 18.1. The molecular weight excluding hydrogens is 288 g/mol. The SMILES string of the molecule is Cn1nnnc1SCCNC(=O)[C@@H]1Cc2ccccc2N1. The molecule has 0 unspecified atom stereocenters. The number of hydrogen-bond donors (Lipinski definition) is 2. The maximum atomic E-state index is 12.1. The van der Waals surface area contributed by atoms with E-state index in [4.69, 9.17) is 0 Å². The highest BCUT2D eigenvalue weighted by atomic mass is 32.2. The van der Waals surface area contributed by atoms with Gasteiger partial charge in [-0.3, -0.25) is 4.79 Å². The molecule has 0 aliphatic carbocycles. The monoisotopic (exact) mass is 304 g/mol. The normalized spacial score (nSPS) is 16.3. The quantitative estimate of drug-likeness (QED) is 0.616. The van der Waals surface area contributed by atoms with Crippen molar-refractivity contribution in [1.29, 1.82) is 0 Å². The third-order valence-corrected chi connectivity index (χ3v) is 4.31. The number of aromatic nitrogens is 4. The Morgan fingerprint density at radius 2 is 2.38 bits per heavy atom. The summed E-state index contributed by atoms with van der Waals surface area (Å²) in [7, 11) is 1.79. The molecule has 1 amide bonds. The average Bonchev–Trinajstić information content (AvgIpc) is 3.09. The van der Waals surface area contributed by atoms with Crippen molar-refractivity contribution in [3.63, 3.8) is 0 Å². The molecular formula is C13H16N6OS. The lowest BCUT2D eigenvalue weighted by Gasteiger charge is -2.11. The fourth-order valence-corrected chi connectivity index (χ4v) is 2.94. The van der Waals surface area contributed by atoms with Crippen LogP contribution >= 0.6 is 11.8 Å². The van der Waals surface area contributed by atoms with Gasteiger partial charge in [-0.15, -0.1) is 5.10 Å². The van der Waals surface area contributed by atoms with Crippen LogP contribution in [0.1, 0.15) is 5.56 Å². The van der Waals surface area contributed by atoms with Crippen LogP contribution in [0.5, 0.6) is 0 Å². The first kappa shape index (κ1) is 13.9. The Bertz CT molecular complexity index is 618. The smallest absolute Gasteiger partial charge is 0.242 e. The molecule has 8 heteroatoms. The van der Waals surface area contributed by atoms with Gasteiger partial charge < -0.3 is 10.6 Å². The lowest BCUT2D eigenvalue weighted by Crippen LogP contribution is -2.39. The van der Waals surface area contributed by atoms with Crippen molar-refractivity contribution in [3.8, 4) is 0 Å². The number of benzene rings is 1. The zero-order valence-corrected chi connectivity index (χ0v) is 12.4. The van der Waals surface area contributed by atoms with E-state index in [1.165, 1.54) is 17.3 Å². The summed E-state index contributed by atoms with van der Waals surface area (Å²) in [5.74, 6) is 0.766. The fraction of sp³-hybridized carbons (Fsp3) is 0.385. The number of carbonyl (C=O) groups is 1. The van der Waals surface area contributed by atoms with Crippen LogP contribution in [-0.2, 0) is 18.3 Å². The van der Waals surface area contributed by atoms with Gasteiger partial charge in [0.2, 0.25) is 11.1 Å². The van der Waals surface area contributed by atoms with E-state index in [1.54, 1.807) is 11.7 Å². The van der Waals surface area contributed by atoms with E-state index in [9.17, 15) is 4.79 Å². The molecule has 0 fully saturated rings. The summed E-state index contributed by atoms with van der Waals surface area (Å²) in [5.41, 5.74) is 2.24. The second-order valence-electron chi connectivity index (χ2n) is 4.78. The lowest BCUT2D eigenvalue weighted by atomic mass is 10.1. The number of carbonyl (C=O) groups excluding carboxylic acids is 1. The van der Waals surface area contributed by atoms with E-state index in [0.717, 1.165) is 23.0 Å². The van der Waals surface area contributed by atoms with Gasteiger partial charge in [-0.2, -0.15) is 0 Å². The highest BCUT2D eigenvalue weighted by Crippen LogP contribution is 2.25. The first-order chi connectivity index (χ1) is 10.2. The fourth-order valence-electron chi connectivity index (χ4n) is 2.24. The Morgan fingerprint density at radius 1 is 1.52 bits per heavy atom. The Morgan fingerprint density at radius 3 is 3.14 bits per heavy atom. The van der Waals surface area contributed by atoms with Crippen LogP contribution in [0.15, 0.2) is 29.4 Å². The van der Waals surface area contributed by atoms with E-state index in [0.29, 0.717) is 6.54 Å². The number of amides is 1. The number of nitrogens with zero attached hydrogens (tertiary/aromatic N) is 4. The van der Waals surface area contributed by atoms with Gasteiger partial charge in [0, 0.05) is 31.5 Å². The summed E-state index contributed by atoms with van der Waals surface area (Å²) >= 11 is 1.52. The minimum Gasteiger partial charge on any atom is -0.373 e.